The van der Waals surface area contributed by atoms with Crippen LogP contribution in [-0.2, 0) is 4.79 Å². The van der Waals surface area contributed by atoms with Crippen molar-refractivity contribution in [2.45, 2.75) is 0 Å². The van der Waals surface area contributed by atoms with E-state index >= 15 is 0 Å². The number of rotatable bonds is 5. The second kappa shape index (κ2) is 8.31. The van der Waals surface area contributed by atoms with E-state index in [9.17, 15) is 9.90 Å². The number of benzene rings is 4. The minimum atomic E-state index is -0.997. The molecule has 0 atom stereocenters. The SMILES string of the molecule is O=C(O)/C=C/c1ccc(Oc2c(-c3ccc(O)c(Cl)c3)ccc3ccccc23)cc1. The molecule has 0 saturated carbocycles. The molecule has 4 nitrogen and oxygen atoms in total. The lowest BCUT2D eigenvalue weighted by atomic mass is 9.99. The fourth-order valence-electron chi connectivity index (χ4n) is 3.19. The first-order valence-corrected chi connectivity index (χ1v) is 9.58. The van der Waals surface area contributed by atoms with Crippen molar-refractivity contribution >= 4 is 34.4 Å². The highest BCUT2D eigenvalue weighted by molar-refractivity contribution is 6.32. The average Bonchev–Trinajstić information content (AvgIpc) is 2.75. The van der Waals surface area contributed by atoms with Crippen molar-refractivity contribution in [3.05, 3.63) is 95.5 Å². The van der Waals surface area contributed by atoms with Crippen molar-refractivity contribution in [3.63, 3.8) is 0 Å². The molecule has 0 aliphatic rings. The number of ether oxygens (including phenoxy) is 1. The summed E-state index contributed by atoms with van der Waals surface area (Å²) >= 11 is 6.12. The summed E-state index contributed by atoms with van der Waals surface area (Å²) in [7, 11) is 0. The number of halogens is 1. The van der Waals surface area contributed by atoms with Gasteiger partial charge in [-0.25, -0.2) is 4.79 Å². The van der Waals surface area contributed by atoms with Crippen molar-refractivity contribution in [2.75, 3.05) is 0 Å². The third kappa shape index (κ3) is 4.14. The van der Waals surface area contributed by atoms with E-state index in [1.165, 1.54) is 6.08 Å². The van der Waals surface area contributed by atoms with Crippen LogP contribution in [0.2, 0.25) is 5.02 Å². The number of aromatic hydroxyl groups is 1. The topological polar surface area (TPSA) is 66.8 Å². The van der Waals surface area contributed by atoms with Gasteiger partial charge >= 0.3 is 5.97 Å². The van der Waals surface area contributed by atoms with Gasteiger partial charge in [0.2, 0.25) is 0 Å². The van der Waals surface area contributed by atoms with Crippen molar-refractivity contribution in [1.29, 1.82) is 0 Å². The number of carbonyl (C=O) groups is 1. The Morgan fingerprint density at radius 2 is 1.70 bits per heavy atom. The predicted molar refractivity (Wildman–Crippen MR) is 119 cm³/mol. The molecule has 4 aromatic rings. The predicted octanol–water partition coefficient (Wildman–Crippen LogP) is 6.76. The monoisotopic (exact) mass is 416 g/mol. The number of fused-ring (bicyclic) bond motifs is 1. The average molecular weight is 417 g/mol. The van der Waals surface area contributed by atoms with Gasteiger partial charge in [0.05, 0.1) is 5.02 Å². The van der Waals surface area contributed by atoms with Crippen LogP contribution in [0.3, 0.4) is 0 Å². The molecule has 0 bridgehead atoms. The Labute approximate surface area is 178 Å². The van der Waals surface area contributed by atoms with Crippen LogP contribution in [0.15, 0.2) is 84.9 Å². The lowest BCUT2D eigenvalue weighted by Crippen LogP contribution is -1.91. The van der Waals surface area contributed by atoms with Crippen molar-refractivity contribution in [2.24, 2.45) is 0 Å². The quantitative estimate of drug-likeness (QED) is 0.353. The molecule has 0 aliphatic carbocycles. The van der Waals surface area contributed by atoms with Gasteiger partial charge in [0.25, 0.3) is 0 Å². The van der Waals surface area contributed by atoms with Crippen LogP contribution in [-0.4, -0.2) is 16.2 Å². The maximum atomic E-state index is 10.7. The second-order valence-corrected chi connectivity index (χ2v) is 7.08. The molecule has 148 valence electrons. The number of aliphatic carboxylic acids is 1. The zero-order valence-electron chi connectivity index (χ0n) is 15.7. The number of hydrogen-bond acceptors (Lipinski definition) is 3. The van der Waals surface area contributed by atoms with Crippen LogP contribution >= 0.6 is 11.6 Å². The molecule has 0 heterocycles. The Hall–Kier alpha value is -3.76. The second-order valence-electron chi connectivity index (χ2n) is 6.67. The largest absolute Gasteiger partial charge is 0.506 e. The minimum absolute atomic E-state index is 0.0219. The summed E-state index contributed by atoms with van der Waals surface area (Å²) in [6, 6.07) is 24.1. The number of carboxylic acid groups (broad SMARTS) is 1. The first-order chi connectivity index (χ1) is 14.5. The van der Waals surface area contributed by atoms with E-state index in [2.05, 4.69) is 0 Å². The molecule has 5 heteroatoms. The van der Waals surface area contributed by atoms with Crippen LogP contribution in [0.5, 0.6) is 17.2 Å². The fourth-order valence-corrected chi connectivity index (χ4v) is 3.37. The van der Waals surface area contributed by atoms with E-state index in [1.807, 2.05) is 36.4 Å². The van der Waals surface area contributed by atoms with E-state index in [-0.39, 0.29) is 10.8 Å². The molecule has 30 heavy (non-hydrogen) atoms. The first-order valence-electron chi connectivity index (χ1n) is 9.21. The summed E-state index contributed by atoms with van der Waals surface area (Å²) in [6.07, 6.45) is 2.61. The highest BCUT2D eigenvalue weighted by Crippen LogP contribution is 2.41. The van der Waals surface area contributed by atoms with Crippen molar-refractivity contribution < 1.29 is 19.7 Å². The van der Waals surface area contributed by atoms with Gasteiger partial charge in [0.15, 0.2) is 0 Å². The minimum Gasteiger partial charge on any atom is -0.506 e. The summed E-state index contributed by atoms with van der Waals surface area (Å²) in [5, 5.41) is 20.8. The molecule has 4 rings (SSSR count). The zero-order chi connectivity index (χ0) is 21.1. The standard InChI is InChI=1S/C25H17ClO4/c26-22-15-18(9-13-23(22)27)21-12-8-17-3-1-2-4-20(17)25(21)30-19-10-5-16(6-11-19)7-14-24(28)29/h1-15,27H,(H,28,29)/b14-7+. The molecule has 0 unspecified atom stereocenters. The van der Waals surface area contributed by atoms with Gasteiger partial charge in [-0.05, 0) is 52.9 Å². The third-order valence-corrected chi connectivity index (χ3v) is 4.96. The maximum Gasteiger partial charge on any atom is 0.328 e. The van der Waals surface area contributed by atoms with Gasteiger partial charge in [0.1, 0.15) is 17.2 Å². The molecule has 0 aliphatic heterocycles. The molecule has 0 amide bonds. The van der Waals surface area contributed by atoms with E-state index < -0.39 is 5.97 Å². The van der Waals surface area contributed by atoms with Crippen LogP contribution < -0.4 is 4.74 Å². The zero-order valence-corrected chi connectivity index (χ0v) is 16.5. The van der Waals surface area contributed by atoms with Crippen molar-refractivity contribution in [1.82, 2.24) is 0 Å². The molecule has 4 aromatic carbocycles. The lowest BCUT2D eigenvalue weighted by molar-refractivity contribution is -0.131. The fraction of sp³-hybridized carbons (Fsp3) is 0. The van der Waals surface area contributed by atoms with Gasteiger partial charge < -0.3 is 14.9 Å². The Morgan fingerprint density at radius 1 is 0.933 bits per heavy atom. The summed E-state index contributed by atoms with van der Waals surface area (Å²) in [6.45, 7) is 0. The van der Waals surface area contributed by atoms with Crippen molar-refractivity contribution in [3.8, 4) is 28.4 Å². The van der Waals surface area contributed by atoms with E-state index in [0.717, 1.165) is 33.5 Å². The number of phenols is 1. The smallest absolute Gasteiger partial charge is 0.328 e. The highest BCUT2D eigenvalue weighted by Gasteiger charge is 2.13. The van der Waals surface area contributed by atoms with Gasteiger partial charge in [0, 0.05) is 17.0 Å². The molecule has 0 fully saturated rings. The molecular weight excluding hydrogens is 400 g/mol. The maximum absolute atomic E-state index is 10.7. The molecule has 0 radical (unpaired) electrons. The van der Waals surface area contributed by atoms with Crippen LogP contribution in [0, 0.1) is 0 Å². The Kier molecular flexibility index (Phi) is 5.42. The van der Waals surface area contributed by atoms with E-state index in [0.29, 0.717) is 11.5 Å². The molecule has 0 saturated heterocycles. The molecular formula is C25H17ClO4. The summed E-state index contributed by atoms with van der Waals surface area (Å²) in [5.41, 5.74) is 2.42. The van der Waals surface area contributed by atoms with Gasteiger partial charge in [-0.2, -0.15) is 0 Å². The molecule has 2 N–H and O–H groups in total. The first kappa shape index (κ1) is 19.6. The number of carboxylic acids is 1. The van der Waals surface area contributed by atoms with Crippen LogP contribution in [0.4, 0.5) is 0 Å². The summed E-state index contributed by atoms with van der Waals surface area (Å²) < 4.78 is 6.28. The lowest BCUT2D eigenvalue weighted by Gasteiger charge is -2.15. The molecule has 0 spiro atoms. The Bertz CT molecular complexity index is 1260. The summed E-state index contributed by atoms with van der Waals surface area (Å²) in [4.78, 5) is 10.7. The number of phenolic OH excluding ortho intramolecular Hbond substituents is 1. The van der Waals surface area contributed by atoms with Gasteiger partial charge in [-0.15, -0.1) is 0 Å². The van der Waals surface area contributed by atoms with Gasteiger partial charge in [-0.3, -0.25) is 0 Å². The number of hydrogen-bond donors (Lipinski definition) is 2. The summed E-state index contributed by atoms with van der Waals surface area (Å²) in [5.74, 6) is 0.311. The Balaban J connectivity index is 1.78. The van der Waals surface area contributed by atoms with Crippen LogP contribution in [0.1, 0.15) is 5.56 Å². The molecule has 0 aromatic heterocycles. The van der Waals surface area contributed by atoms with E-state index in [4.69, 9.17) is 21.4 Å². The Morgan fingerprint density at radius 3 is 2.43 bits per heavy atom. The third-order valence-electron chi connectivity index (χ3n) is 4.66. The highest BCUT2D eigenvalue weighted by atomic mass is 35.5. The normalized spacial score (nSPS) is 11.1. The van der Waals surface area contributed by atoms with Crippen LogP contribution in [0.25, 0.3) is 28.0 Å². The van der Waals surface area contributed by atoms with E-state index in [1.54, 1.807) is 42.5 Å². The van der Waals surface area contributed by atoms with Gasteiger partial charge in [-0.1, -0.05) is 60.1 Å².